The highest BCUT2D eigenvalue weighted by Gasteiger charge is 2.38. The van der Waals surface area contributed by atoms with Gasteiger partial charge in [0.05, 0.1) is 35.3 Å². The third-order valence-corrected chi connectivity index (χ3v) is 7.28. The van der Waals surface area contributed by atoms with Gasteiger partial charge in [0.15, 0.2) is 0 Å². The molecule has 1 aromatic carbocycles. The van der Waals surface area contributed by atoms with E-state index in [-0.39, 0.29) is 18.0 Å². The minimum Gasteiger partial charge on any atom is -0.467 e. The van der Waals surface area contributed by atoms with Crippen LogP contribution in [0.4, 0.5) is 0 Å². The Morgan fingerprint density at radius 3 is 2.75 bits per heavy atom. The van der Waals surface area contributed by atoms with Crippen LogP contribution in [0.1, 0.15) is 47.9 Å². The summed E-state index contributed by atoms with van der Waals surface area (Å²) in [5.74, 6) is 1.37. The van der Waals surface area contributed by atoms with Gasteiger partial charge < -0.3 is 8.83 Å². The molecule has 7 nitrogen and oxygen atoms in total. The number of carbonyl (C=O) groups excluding carboxylic acids is 1. The minimum absolute atomic E-state index is 0.0408. The monoisotopic (exact) mass is 446 g/mol. The predicted molar refractivity (Wildman–Crippen MR) is 121 cm³/mol. The molecule has 4 aromatic rings. The molecule has 5 heterocycles. The Kier molecular flexibility index (Phi) is 4.88. The molecule has 2 aliphatic heterocycles. The molecular weight excluding hydrogens is 424 g/mol. The third kappa shape index (κ3) is 3.45. The number of furan rings is 2. The molecule has 3 aromatic heterocycles. The van der Waals surface area contributed by atoms with Gasteiger partial charge in [0.25, 0.3) is 5.91 Å². The van der Waals surface area contributed by atoms with Gasteiger partial charge in [0.1, 0.15) is 28.3 Å². The first kappa shape index (κ1) is 19.5. The van der Waals surface area contributed by atoms with Gasteiger partial charge in [-0.2, -0.15) is 5.10 Å². The van der Waals surface area contributed by atoms with E-state index in [1.807, 2.05) is 42.5 Å². The highest BCUT2D eigenvalue weighted by atomic mass is 32.1. The van der Waals surface area contributed by atoms with Gasteiger partial charge >= 0.3 is 0 Å². The molecule has 2 unspecified atom stereocenters. The summed E-state index contributed by atoms with van der Waals surface area (Å²) in [6.45, 7) is 1.17. The van der Waals surface area contributed by atoms with Crippen LogP contribution in [0.3, 0.4) is 0 Å². The van der Waals surface area contributed by atoms with Crippen LogP contribution in [-0.4, -0.2) is 39.6 Å². The highest BCUT2D eigenvalue weighted by molar-refractivity contribution is 7.18. The second-order valence-electron chi connectivity index (χ2n) is 8.15. The summed E-state index contributed by atoms with van der Waals surface area (Å²) >= 11 is 1.72. The van der Waals surface area contributed by atoms with Gasteiger partial charge in [-0.1, -0.05) is 12.1 Å². The Balaban J connectivity index is 1.25. The number of rotatable bonds is 5. The molecule has 6 rings (SSSR count). The maximum Gasteiger partial charge on any atom is 0.257 e. The SMILES string of the molecule is O=C(CN1CCCC1c1nc2ccccc2s1)N1N=C(c2ccco2)CC1c1ccco1. The number of para-hydroxylation sites is 1. The average Bonchev–Trinajstić information content (AvgIpc) is 3.61. The third-order valence-electron chi connectivity index (χ3n) is 6.14. The zero-order valence-corrected chi connectivity index (χ0v) is 18.2. The lowest BCUT2D eigenvalue weighted by molar-refractivity contribution is -0.134. The first-order chi connectivity index (χ1) is 15.8. The van der Waals surface area contributed by atoms with E-state index >= 15 is 0 Å². The van der Waals surface area contributed by atoms with Gasteiger partial charge in [-0.05, 0) is 55.8 Å². The van der Waals surface area contributed by atoms with Crippen molar-refractivity contribution in [2.24, 2.45) is 5.10 Å². The molecule has 0 spiro atoms. The average molecular weight is 447 g/mol. The number of carbonyl (C=O) groups is 1. The molecule has 32 heavy (non-hydrogen) atoms. The fourth-order valence-corrected chi connectivity index (χ4v) is 5.75. The Bertz CT molecular complexity index is 1230. The standard InChI is InChI=1S/C24H22N4O3S/c29-23(15-27-11-3-7-18(27)24-25-16-6-1-2-10-22(16)32-24)28-19(21-9-5-13-31-21)14-17(26-28)20-8-4-12-30-20/h1-2,4-6,8-10,12-13,18-19H,3,7,11,14-15H2. The van der Waals surface area contributed by atoms with Crippen LogP contribution < -0.4 is 0 Å². The van der Waals surface area contributed by atoms with Crippen molar-refractivity contribution in [2.75, 3.05) is 13.1 Å². The molecule has 0 radical (unpaired) electrons. The van der Waals surface area contributed by atoms with Crippen molar-refractivity contribution in [1.29, 1.82) is 0 Å². The van der Waals surface area contributed by atoms with Gasteiger partial charge in [-0.25, -0.2) is 9.99 Å². The van der Waals surface area contributed by atoms with Crippen molar-refractivity contribution >= 4 is 33.2 Å². The second-order valence-corrected chi connectivity index (χ2v) is 9.21. The maximum atomic E-state index is 13.5. The van der Waals surface area contributed by atoms with Crippen LogP contribution in [0.2, 0.25) is 0 Å². The lowest BCUT2D eigenvalue weighted by atomic mass is 10.1. The lowest BCUT2D eigenvalue weighted by Crippen LogP contribution is -2.38. The topological polar surface area (TPSA) is 75.1 Å². The molecule has 1 fully saturated rings. The molecule has 8 heteroatoms. The normalized spacial score (nSPS) is 21.5. The van der Waals surface area contributed by atoms with Crippen molar-refractivity contribution < 1.29 is 13.6 Å². The molecule has 2 aliphatic rings. The summed E-state index contributed by atoms with van der Waals surface area (Å²) in [6.07, 6.45) is 5.88. The lowest BCUT2D eigenvalue weighted by Gasteiger charge is -2.26. The van der Waals surface area contributed by atoms with Crippen LogP contribution in [0, 0.1) is 0 Å². The number of nitrogens with zero attached hydrogens (tertiary/aromatic N) is 4. The molecule has 0 saturated carbocycles. The minimum atomic E-state index is -0.263. The predicted octanol–water partition coefficient (Wildman–Crippen LogP) is 5.00. The number of aromatic nitrogens is 1. The fourth-order valence-electron chi connectivity index (χ4n) is 4.61. The molecule has 2 atom stereocenters. The van der Waals surface area contributed by atoms with Gasteiger partial charge in [-0.15, -0.1) is 11.3 Å². The van der Waals surface area contributed by atoms with Crippen LogP contribution in [0.5, 0.6) is 0 Å². The summed E-state index contributed by atoms with van der Waals surface area (Å²) in [5, 5.41) is 7.31. The Morgan fingerprint density at radius 2 is 1.94 bits per heavy atom. The largest absolute Gasteiger partial charge is 0.467 e. The van der Waals surface area contributed by atoms with E-state index in [2.05, 4.69) is 16.1 Å². The molecule has 0 bridgehead atoms. The molecular formula is C24H22N4O3S. The van der Waals surface area contributed by atoms with Gasteiger partial charge in [-0.3, -0.25) is 9.69 Å². The van der Waals surface area contributed by atoms with Crippen molar-refractivity contribution in [3.63, 3.8) is 0 Å². The number of fused-ring (bicyclic) bond motifs is 1. The smallest absolute Gasteiger partial charge is 0.257 e. The van der Waals surface area contributed by atoms with E-state index in [0.29, 0.717) is 18.7 Å². The van der Waals surface area contributed by atoms with E-state index < -0.39 is 0 Å². The van der Waals surface area contributed by atoms with Crippen LogP contribution in [-0.2, 0) is 4.79 Å². The highest BCUT2D eigenvalue weighted by Crippen LogP contribution is 2.38. The van der Waals surface area contributed by atoms with Crippen LogP contribution in [0.15, 0.2) is 75.0 Å². The Labute approximate surface area is 188 Å². The fraction of sp³-hybridized carbons (Fsp3) is 0.292. The number of likely N-dealkylation sites (tertiary alicyclic amines) is 1. The molecule has 0 N–H and O–H groups in total. The number of amides is 1. The zero-order chi connectivity index (χ0) is 21.5. The first-order valence-electron chi connectivity index (χ1n) is 10.8. The molecule has 1 saturated heterocycles. The van der Waals surface area contributed by atoms with Crippen molar-refractivity contribution in [3.8, 4) is 0 Å². The molecule has 0 aliphatic carbocycles. The van der Waals surface area contributed by atoms with E-state index in [0.717, 1.165) is 41.4 Å². The second kappa shape index (κ2) is 8.03. The number of benzene rings is 1. The van der Waals surface area contributed by atoms with Crippen LogP contribution >= 0.6 is 11.3 Å². The van der Waals surface area contributed by atoms with Crippen molar-refractivity contribution in [2.45, 2.75) is 31.3 Å². The molecule has 162 valence electrons. The van der Waals surface area contributed by atoms with E-state index in [1.165, 1.54) is 4.70 Å². The van der Waals surface area contributed by atoms with E-state index in [9.17, 15) is 4.79 Å². The van der Waals surface area contributed by atoms with E-state index in [4.69, 9.17) is 13.8 Å². The van der Waals surface area contributed by atoms with E-state index in [1.54, 1.807) is 28.9 Å². The number of hydrogen-bond acceptors (Lipinski definition) is 7. The molecule has 1 amide bonds. The summed E-state index contributed by atoms with van der Waals surface area (Å²) in [6, 6.07) is 15.5. The Hall–Kier alpha value is -3.23. The Morgan fingerprint density at radius 1 is 1.06 bits per heavy atom. The van der Waals surface area contributed by atoms with Crippen LogP contribution in [0.25, 0.3) is 10.2 Å². The van der Waals surface area contributed by atoms with Gasteiger partial charge in [0, 0.05) is 6.42 Å². The zero-order valence-electron chi connectivity index (χ0n) is 17.4. The summed E-state index contributed by atoms with van der Waals surface area (Å²) in [5.41, 5.74) is 1.78. The number of thiazole rings is 1. The van der Waals surface area contributed by atoms with Crippen molar-refractivity contribution in [3.05, 3.63) is 77.6 Å². The maximum absolute atomic E-state index is 13.5. The summed E-state index contributed by atoms with van der Waals surface area (Å²) in [4.78, 5) is 20.5. The van der Waals surface area contributed by atoms with Crippen molar-refractivity contribution in [1.82, 2.24) is 14.9 Å². The number of hydrogen-bond donors (Lipinski definition) is 0. The number of hydrazone groups is 1. The first-order valence-corrected chi connectivity index (χ1v) is 11.6. The van der Waals surface area contributed by atoms with Gasteiger partial charge in [0.2, 0.25) is 0 Å². The quantitative estimate of drug-likeness (QED) is 0.431. The summed E-state index contributed by atoms with van der Waals surface area (Å²) < 4.78 is 12.4. The summed E-state index contributed by atoms with van der Waals surface area (Å²) in [7, 11) is 0.